The third-order valence-corrected chi connectivity index (χ3v) is 8.07. The molecule has 0 fully saturated rings. The third kappa shape index (κ3) is 5.43. The van der Waals surface area contributed by atoms with Gasteiger partial charge >= 0.3 is 0 Å². The van der Waals surface area contributed by atoms with Gasteiger partial charge in [-0.3, -0.25) is 10.1 Å². The fourth-order valence-electron chi connectivity index (χ4n) is 6.00. The van der Waals surface area contributed by atoms with E-state index in [9.17, 15) is 4.79 Å². The lowest BCUT2D eigenvalue weighted by Crippen LogP contribution is -2.54. The summed E-state index contributed by atoms with van der Waals surface area (Å²) in [6.45, 7) is 2.31. The van der Waals surface area contributed by atoms with E-state index in [4.69, 9.17) is 4.74 Å². The van der Waals surface area contributed by atoms with E-state index in [1.807, 2.05) is 121 Å². The van der Waals surface area contributed by atoms with Crippen molar-refractivity contribution in [3.8, 4) is 5.75 Å². The number of carbonyl (C=O) groups is 1. The Morgan fingerprint density at radius 3 is 1.84 bits per heavy atom. The van der Waals surface area contributed by atoms with Crippen LogP contribution in [0.1, 0.15) is 29.2 Å². The molecule has 0 saturated carbocycles. The Labute approximate surface area is 252 Å². The van der Waals surface area contributed by atoms with Crippen LogP contribution in [0.4, 0.5) is 5.69 Å². The van der Waals surface area contributed by atoms with E-state index in [1.54, 1.807) is 7.11 Å². The number of anilines is 1. The molecular formula is C38H35N3O2. The average molecular weight is 566 g/mol. The van der Waals surface area contributed by atoms with Gasteiger partial charge in [0.15, 0.2) is 0 Å². The van der Waals surface area contributed by atoms with Gasteiger partial charge in [0.25, 0.3) is 0 Å². The highest BCUT2D eigenvalue weighted by molar-refractivity contribution is 6.05. The molecule has 1 unspecified atom stereocenters. The van der Waals surface area contributed by atoms with E-state index in [1.165, 1.54) is 0 Å². The molecule has 1 heterocycles. The maximum Gasteiger partial charge on any atom is 0.244 e. The van der Waals surface area contributed by atoms with E-state index in [-0.39, 0.29) is 5.91 Å². The van der Waals surface area contributed by atoms with Gasteiger partial charge in [0.1, 0.15) is 5.75 Å². The van der Waals surface area contributed by atoms with Crippen LogP contribution in [0.2, 0.25) is 0 Å². The Bertz CT molecular complexity index is 1700. The van der Waals surface area contributed by atoms with Crippen LogP contribution in [0.5, 0.6) is 5.75 Å². The molecule has 1 amide bonds. The van der Waals surface area contributed by atoms with Crippen LogP contribution in [0.25, 0.3) is 10.9 Å². The summed E-state index contributed by atoms with van der Waals surface area (Å²) in [6, 6.07) is 46.4. The second-order valence-electron chi connectivity index (χ2n) is 10.7. The normalized spacial score (nSPS) is 12.1. The Morgan fingerprint density at radius 2 is 1.26 bits per heavy atom. The largest absolute Gasteiger partial charge is 0.496 e. The molecule has 0 aliphatic carbocycles. The first-order valence-electron chi connectivity index (χ1n) is 14.6. The first-order chi connectivity index (χ1) is 21.1. The zero-order valence-corrected chi connectivity index (χ0v) is 24.4. The van der Waals surface area contributed by atoms with E-state index in [2.05, 4.69) is 46.7 Å². The summed E-state index contributed by atoms with van der Waals surface area (Å²) in [5.41, 5.74) is 5.10. The number of aromatic nitrogens is 1. The van der Waals surface area contributed by atoms with E-state index in [0.29, 0.717) is 6.54 Å². The van der Waals surface area contributed by atoms with Crippen molar-refractivity contribution < 1.29 is 9.53 Å². The first-order valence-corrected chi connectivity index (χ1v) is 14.6. The highest BCUT2D eigenvalue weighted by Crippen LogP contribution is 2.38. The van der Waals surface area contributed by atoms with Crippen molar-refractivity contribution in [2.24, 2.45) is 0 Å². The minimum absolute atomic E-state index is 0.0529. The van der Waals surface area contributed by atoms with Crippen LogP contribution in [-0.2, 0) is 16.9 Å². The fraction of sp³-hybridized carbons (Fsp3) is 0.132. The molecule has 6 aromatic rings. The smallest absolute Gasteiger partial charge is 0.244 e. The SMILES string of the molecule is COc1ccccc1CN(C(=O)C(C)NC(c1ccccc1)(c1ccccc1)c1ccccc1)c1c[nH]c2ccccc12. The molecule has 1 atom stereocenters. The van der Waals surface area contributed by atoms with Gasteiger partial charge in [-0.15, -0.1) is 0 Å². The topological polar surface area (TPSA) is 57.4 Å². The molecule has 43 heavy (non-hydrogen) atoms. The standard InChI is InChI=1S/C38H35N3O2/c1-28(40-38(30-17-6-3-7-18-30,31-19-8-4-9-20-31)32-21-10-5-11-22-32)37(42)41(27-29-16-12-15-25-36(29)43-2)35-26-39-34-24-14-13-23-33(34)35/h3-26,28,39-40H,27H2,1-2H3. The van der Waals surface area contributed by atoms with Gasteiger partial charge in [-0.2, -0.15) is 0 Å². The Hall–Kier alpha value is -5.13. The van der Waals surface area contributed by atoms with Gasteiger partial charge in [0.2, 0.25) is 5.91 Å². The number of rotatable bonds is 10. The van der Waals surface area contributed by atoms with Crippen molar-refractivity contribution in [2.75, 3.05) is 12.0 Å². The molecule has 0 spiro atoms. The number of methoxy groups -OCH3 is 1. The molecule has 0 saturated heterocycles. The van der Waals surface area contributed by atoms with Gasteiger partial charge in [0, 0.05) is 22.7 Å². The number of nitrogens with zero attached hydrogens (tertiary/aromatic N) is 1. The molecular weight excluding hydrogens is 530 g/mol. The van der Waals surface area contributed by atoms with Crippen LogP contribution < -0.4 is 15.0 Å². The fourth-order valence-corrected chi connectivity index (χ4v) is 6.00. The van der Waals surface area contributed by atoms with Crippen molar-refractivity contribution in [1.82, 2.24) is 10.3 Å². The van der Waals surface area contributed by atoms with Crippen LogP contribution in [0.3, 0.4) is 0 Å². The molecule has 0 bridgehead atoms. The lowest BCUT2D eigenvalue weighted by Gasteiger charge is -2.40. The summed E-state index contributed by atoms with van der Waals surface area (Å²) in [7, 11) is 1.66. The minimum Gasteiger partial charge on any atom is -0.496 e. The number of ether oxygens (including phenoxy) is 1. The van der Waals surface area contributed by atoms with E-state index < -0.39 is 11.6 Å². The van der Waals surface area contributed by atoms with Crippen molar-refractivity contribution in [2.45, 2.75) is 25.0 Å². The van der Waals surface area contributed by atoms with Crippen molar-refractivity contribution in [1.29, 1.82) is 0 Å². The Balaban J connectivity index is 1.47. The molecule has 0 aliphatic heterocycles. The average Bonchev–Trinajstić information content (AvgIpc) is 3.51. The number of hydrogen-bond donors (Lipinski definition) is 2. The zero-order valence-electron chi connectivity index (χ0n) is 24.4. The van der Waals surface area contributed by atoms with Gasteiger partial charge in [0.05, 0.1) is 30.9 Å². The van der Waals surface area contributed by atoms with Crippen LogP contribution >= 0.6 is 0 Å². The Kier molecular flexibility index (Phi) is 8.07. The van der Waals surface area contributed by atoms with Crippen LogP contribution in [0.15, 0.2) is 146 Å². The molecule has 6 rings (SSSR count). The second kappa shape index (κ2) is 12.4. The first kappa shape index (κ1) is 28.0. The number of aromatic amines is 1. The predicted octanol–water partition coefficient (Wildman–Crippen LogP) is 7.68. The van der Waals surface area contributed by atoms with Crippen molar-refractivity contribution in [3.63, 3.8) is 0 Å². The number of benzene rings is 5. The highest BCUT2D eigenvalue weighted by Gasteiger charge is 2.39. The molecule has 0 aliphatic rings. The number of carbonyl (C=O) groups excluding carboxylic acids is 1. The van der Waals surface area contributed by atoms with Crippen molar-refractivity contribution in [3.05, 3.63) is 168 Å². The number of hydrogen-bond acceptors (Lipinski definition) is 3. The van der Waals surface area contributed by atoms with Crippen LogP contribution in [0, 0.1) is 0 Å². The van der Waals surface area contributed by atoms with Crippen LogP contribution in [-0.4, -0.2) is 24.0 Å². The second-order valence-corrected chi connectivity index (χ2v) is 10.7. The molecule has 0 radical (unpaired) electrons. The Morgan fingerprint density at radius 1 is 0.744 bits per heavy atom. The van der Waals surface area contributed by atoms with E-state index in [0.717, 1.165) is 44.6 Å². The highest BCUT2D eigenvalue weighted by atomic mass is 16.5. The maximum atomic E-state index is 14.8. The summed E-state index contributed by atoms with van der Waals surface area (Å²) in [5.74, 6) is 0.691. The quantitative estimate of drug-likeness (QED) is 0.168. The number of amides is 1. The summed E-state index contributed by atoms with van der Waals surface area (Å²) < 4.78 is 5.68. The lowest BCUT2D eigenvalue weighted by atomic mass is 9.76. The summed E-state index contributed by atoms with van der Waals surface area (Å²) in [6.07, 6.45) is 1.92. The van der Waals surface area contributed by atoms with Gasteiger partial charge < -0.3 is 14.6 Å². The molecule has 5 nitrogen and oxygen atoms in total. The lowest BCUT2D eigenvalue weighted by molar-refractivity contribution is -0.120. The van der Waals surface area contributed by atoms with Gasteiger partial charge in [-0.25, -0.2) is 0 Å². The van der Waals surface area contributed by atoms with E-state index >= 15 is 0 Å². The molecule has 5 heteroatoms. The summed E-state index contributed by atoms with van der Waals surface area (Å²) in [5, 5.41) is 4.84. The summed E-state index contributed by atoms with van der Waals surface area (Å²) >= 11 is 0. The molecule has 1 aromatic heterocycles. The van der Waals surface area contributed by atoms with Crippen molar-refractivity contribution >= 4 is 22.5 Å². The predicted molar refractivity (Wildman–Crippen MR) is 174 cm³/mol. The number of H-pyrrole nitrogens is 1. The molecule has 214 valence electrons. The summed E-state index contributed by atoms with van der Waals surface area (Å²) in [4.78, 5) is 20.0. The number of fused-ring (bicyclic) bond motifs is 1. The molecule has 5 aromatic carbocycles. The number of para-hydroxylation sites is 2. The maximum absolute atomic E-state index is 14.8. The minimum atomic E-state index is -0.783. The number of nitrogens with one attached hydrogen (secondary N) is 2. The van der Waals surface area contributed by atoms with Gasteiger partial charge in [-0.1, -0.05) is 127 Å². The third-order valence-electron chi connectivity index (χ3n) is 8.07. The zero-order chi connectivity index (χ0) is 29.6. The van der Waals surface area contributed by atoms with Gasteiger partial charge in [-0.05, 0) is 35.7 Å². The molecule has 2 N–H and O–H groups in total. The monoisotopic (exact) mass is 565 g/mol.